The summed E-state index contributed by atoms with van der Waals surface area (Å²) >= 11 is -1.93. The van der Waals surface area contributed by atoms with Crippen LogP contribution in [0.4, 0.5) is 0 Å². The topological polar surface area (TPSA) is 46.5 Å². The van der Waals surface area contributed by atoms with Crippen molar-refractivity contribution in [2.45, 2.75) is 18.7 Å². The number of hydrogen-bond donors (Lipinski definition) is 1. The van der Waals surface area contributed by atoms with Gasteiger partial charge in [0.25, 0.3) is 0 Å². The molecule has 2 rings (SSSR count). The average Bonchev–Trinajstić information content (AvgIpc) is 2.23. The standard InChI is InChI=1S/C11H12O3S/c1-7-6-14-11-4-3-9(15(12)13)5-10(11)8(7)2/h3-5H,6H2,1-2H3,(H,12,13). The van der Waals surface area contributed by atoms with Gasteiger partial charge >= 0.3 is 0 Å². The van der Waals surface area contributed by atoms with Crippen LogP contribution in [0.5, 0.6) is 5.75 Å². The molecule has 0 radical (unpaired) electrons. The Morgan fingerprint density at radius 3 is 2.80 bits per heavy atom. The quantitative estimate of drug-likeness (QED) is 0.745. The van der Waals surface area contributed by atoms with Crippen molar-refractivity contribution in [1.82, 2.24) is 0 Å². The van der Waals surface area contributed by atoms with Gasteiger partial charge in [0.15, 0.2) is 11.1 Å². The largest absolute Gasteiger partial charge is 0.489 e. The number of hydrogen-bond acceptors (Lipinski definition) is 2. The van der Waals surface area contributed by atoms with E-state index in [1.807, 2.05) is 13.8 Å². The minimum Gasteiger partial charge on any atom is -0.489 e. The molecule has 1 aromatic carbocycles. The van der Waals surface area contributed by atoms with Crippen LogP contribution >= 0.6 is 0 Å². The van der Waals surface area contributed by atoms with Crippen LogP contribution in [0.25, 0.3) is 5.57 Å². The zero-order valence-corrected chi connectivity index (χ0v) is 9.43. The lowest BCUT2D eigenvalue weighted by atomic mass is 10.00. The fourth-order valence-electron chi connectivity index (χ4n) is 1.56. The lowest BCUT2D eigenvalue weighted by Gasteiger charge is -2.20. The molecule has 0 bridgehead atoms. The second-order valence-corrected chi connectivity index (χ2v) is 4.57. The van der Waals surface area contributed by atoms with E-state index in [1.54, 1.807) is 18.2 Å². The summed E-state index contributed by atoms with van der Waals surface area (Å²) in [4.78, 5) is 0.409. The van der Waals surface area contributed by atoms with E-state index in [4.69, 9.17) is 9.29 Å². The third-order valence-corrected chi connectivity index (χ3v) is 3.30. The maximum absolute atomic E-state index is 10.9. The maximum Gasteiger partial charge on any atom is 0.186 e. The van der Waals surface area contributed by atoms with Crippen molar-refractivity contribution in [3.63, 3.8) is 0 Å². The molecule has 0 amide bonds. The van der Waals surface area contributed by atoms with Crippen molar-refractivity contribution >= 4 is 16.7 Å². The minimum absolute atomic E-state index is 0.409. The lowest BCUT2D eigenvalue weighted by molar-refractivity contribution is 0.345. The highest BCUT2D eigenvalue weighted by Gasteiger charge is 2.15. The Bertz CT molecular complexity index is 463. The Kier molecular flexibility index (Phi) is 2.63. The van der Waals surface area contributed by atoms with Crippen LogP contribution in [0.15, 0.2) is 28.7 Å². The first kappa shape index (κ1) is 10.4. The minimum atomic E-state index is -1.93. The molecule has 0 aliphatic carbocycles. The first-order valence-corrected chi connectivity index (χ1v) is 5.74. The summed E-state index contributed by atoms with van der Waals surface area (Å²) in [7, 11) is 0. The molecule has 1 aliphatic rings. The molecule has 0 fully saturated rings. The fraction of sp³-hybridized carbons (Fsp3) is 0.273. The summed E-state index contributed by atoms with van der Waals surface area (Å²) in [5, 5.41) is 0. The van der Waals surface area contributed by atoms with Crippen LogP contribution in [0.1, 0.15) is 19.4 Å². The van der Waals surface area contributed by atoms with Gasteiger partial charge in [-0.1, -0.05) is 0 Å². The maximum atomic E-state index is 10.9. The van der Waals surface area contributed by atoms with Gasteiger partial charge in [-0.3, -0.25) is 0 Å². The van der Waals surface area contributed by atoms with E-state index in [1.165, 1.54) is 0 Å². The highest BCUT2D eigenvalue weighted by Crippen LogP contribution is 2.33. The molecule has 1 heterocycles. The normalized spacial score (nSPS) is 17.0. The fourth-order valence-corrected chi connectivity index (χ4v) is 1.96. The first-order chi connectivity index (χ1) is 7.09. The van der Waals surface area contributed by atoms with Crippen LogP contribution in [-0.2, 0) is 11.1 Å². The Morgan fingerprint density at radius 2 is 2.13 bits per heavy atom. The first-order valence-electron chi connectivity index (χ1n) is 4.64. The summed E-state index contributed by atoms with van der Waals surface area (Å²) in [6.45, 7) is 4.60. The molecular weight excluding hydrogens is 212 g/mol. The summed E-state index contributed by atoms with van der Waals surface area (Å²) in [6.07, 6.45) is 0. The van der Waals surface area contributed by atoms with E-state index >= 15 is 0 Å². The Morgan fingerprint density at radius 1 is 1.40 bits per heavy atom. The molecular formula is C11H12O3S. The molecule has 1 N–H and O–H groups in total. The molecule has 1 unspecified atom stereocenters. The zero-order valence-electron chi connectivity index (χ0n) is 8.61. The number of ether oxygens (including phenoxy) is 1. The predicted octanol–water partition coefficient (Wildman–Crippen LogP) is 2.45. The average molecular weight is 224 g/mol. The van der Waals surface area contributed by atoms with E-state index in [2.05, 4.69) is 0 Å². The van der Waals surface area contributed by atoms with E-state index in [9.17, 15) is 4.21 Å². The van der Waals surface area contributed by atoms with Gasteiger partial charge in [-0.25, -0.2) is 4.21 Å². The molecule has 1 aromatic rings. The van der Waals surface area contributed by atoms with Crippen molar-refractivity contribution in [2.75, 3.05) is 6.61 Å². The van der Waals surface area contributed by atoms with Crippen LogP contribution < -0.4 is 4.74 Å². The van der Waals surface area contributed by atoms with E-state index < -0.39 is 11.1 Å². The summed E-state index contributed by atoms with van der Waals surface area (Å²) in [6, 6.07) is 5.07. The van der Waals surface area contributed by atoms with Gasteiger partial charge in [0.1, 0.15) is 12.4 Å². The molecule has 4 heteroatoms. The third-order valence-electron chi connectivity index (χ3n) is 2.64. The second kappa shape index (κ2) is 3.79. The highest BCUT2D eigenvalue weighted by molar-refractivity contribution is 7.79. The Balaban J connectivity index is 2.57. The van der Waals surface area contributed by atoms with E-state index in [0.717, 1.165) is 22.5 Å². The van der Waals surface area contributed by atoms with Gasteiger partial charge in [-0.05, 0) is 43.2 Å². The second-order valence-electron chi connectivity index (χ2n) is 3.60. The van der Waals surface area contributed by atoms with Crippen LogP contribution in [0, 0.1) is 0 Å². The van der Waals surface area contributed by atoms with E-state index in [0.29, 0.717) is 11.5 Å². The van der Waals surface area contributed by atoms with Crippen molar-refractivity contribution in [3.05, 3.63) is 29.3 Å². The Labute approximate surface area is 91.1 Å². The van der Waals surface area contributed by atoms with Gasteiger partial charge in [0.05, 0.1) is 4.90 Å². The van der Waals surface area contributed by atoms with Gasteiger partial charge in [0, 0.05) is 5.56 Å². The number of fused-ring (bicyclic) bond motifs is 1. The molecule has 0 aromatic heterocycles. The van der Waals surface area contributed by atoms with Crippen molar-refractivity contribution in [3.8, 4) is 5.75 Å². The third kappa shape index (κ3) is 1.82. The van der Waals surface area contributed by atoms with Gasteiger partial charge in [-0.15, -0.1) is 0 Å². The Hall–Kier alpha value is -1.13. The molecule has 3 nitrogen and oxygen atoms in total. The van der Waals surface area contributed by atoms with Crippen LogP contribution in [-0.4, -0.2) is 15.4 Å². The number of benzene rings is 1. The SMILES string of the molecule is CC1=C(C)c2cc(S(=O)O)ccc2OC1. The predicted molar refractivity (Wildman–Crippen MR) is 59.2 cm³/mol. The lowest BCUT2D eigenvalue weighted by Crippen LogP contribution is -2.08. The molecule has 1 atom stereocenters. The molecule has 1 aliphatic heterocycles. The molecule has 0 spiro atoms. The highest BCUT2D eigenvalue weighted by atomic mass is 32.2. The van der Waals surface area contributed by atoms with E-state index in [-0.39, 0.29) is 0 Å². The van der Waals surface area contributed by atoms with Crippen molar-refractivity contribution in [1.29, 1.82) is 0 Å². The molecule has 15 heavy (non-hydrogen) atoms. The van der Waals surface area contributed by atoms with Crippen molar-refractivity contribution in [2.24, 2.45) is 0 Å². The molecule has 80 valence electrons. The van der Waals surface area contributed by atoms with Crippen LogP contribution in [0.2, 0.25) is 0 Å². The number of rotatable bonds is 1. The monoisotopic (exact) mass is 224 g/mol. The summed E-state index contributed by atoms with van der Waals surface area (Å²) < 4.78 is 25.4. The smallest absolute Gasteiger partial charge is 0.186 e. The molecule has 0 saturated heterocycles. The van der Waals surface area contributed by atoms with Crippen LogP contribution in [0.3, 0.4) is 0 Å². The van der Waals surface area contributed by atoms with Gasteiger partial charge in [-0.2, -0.15) is 0 Å². The summed E-state index contributed by atoms with van der Waals surface area (Å²) in [5.74, 6) is 0.785. The van der Waals surface area contributed by atoms with Gasteiger partial charge in [0.2, 0.25) is 0 Å². The van der Waals surface area contributed by atoms with Crippen molar-refractivity contribution < 1.29 is 13.5 Å². The molecule has 0 saturated carbocycles. The summed E-state index contributed by atoms with van der Waals surface area (Å²) in [5.41, 5.74) is 3.20. The van der Waals surface area contributed by atoms with Gasteiger partial charge < -0.3 is 9.29 Å². The number of allylic oxidation sites excluding steroid dienone is 1. The zero-order chi connectivity index (χ0) is 11.0.